The molecule has 2 atom stereocenters. The summed E-state index contributed by atoms with van der Waals surface area (Å²) in [5.41, 5.74) is 0.729. The van der Waals surface area contributed by atoms with Crippen molar-refractivity contribution >= 4 is 5.78 Å². The molecule has 1 aromatic carbocycles. The molecule has 2 rings (SSSR count). The number of methoxy groups -OCH3 is 1. The molecule has 0 saturated carbocycles. The molecule has 0 radical (unpaired) electrons. The quantitative estimate of drug-likeness (QED) is 0.779. The number of hydrogen-bond donors (Lipinski definition) is 0. The van der Waals surface area contributed by atoms with Crippen molar-refractivity contribution in [3.63, 3.8) is 0 Å². The van der Waals surface area contributed by atoms with E-state index < -0.39 is 0 Å². The van der Waals surface area contributed by atoms with Gasteiger partial charge in [-0.15, -0.1) is 0 Å². The first kappa shape index (κ1) is 14.0. The molecule has 1 aromatic rings. The van der Waals surface area contributed by atoms with E-state index in [1.165, 1.54) is 0 Å². The molecule has 1 aliphatic heterocycles. The highest BCUT2D eigenvalue weighted by atomic mass is 16.5. The van der Waals surface area contributed by atoms with Gasteiger partial charge in [0.25, 0.3) is 0 Å². The van der Waals surface area contributed by atoms with Gasteiger partial charge in [0.05, 0.1) is 26.4 Å². The normalized spacial score (nSPS) is 21.9. The van der Waals surface area contributed by atoms with Crippen LogP contribution in [0.1, 0.15) is 24.2 Å². The summed E-state index contributed by atoms with van der Waals surface area (Å²) >= 11 is 0. The zero-order valence-corrected chi connectivity index (χ0v) is 11.8. The molecule has 0 N–H and O–H groups in total. The van der Waals surface area contributed by atoms with Gasteiger partial charge < -0.3 is 9.47 Å². The van der Waals surface area contributed by atoms with Crippen LogP contribution in [-0.4, -0.2) is 49.6 Å². The summed E-state index contributed by atoms with van der Waals surface area (Å²) in [5, 5.41) is 0. The van der Waals surface area contributed by atoms with Crippen molar-refractivity contribution in [2.75, 3.05) is 26.9 Å². The van der Waals surface area contributed by atoms with Gasteiger partial charge in [-0.3, -0.25) is 9.69 Å². The van der Waals surface area contributed by atoms with Crippen molar-refractivity contribution < 1.29 is 14.3 Å². The van der Waals surface area contributed by atoms with Crippen LogP contribution in [-0.2, 0) is 4.74 Å². The maximum absolute atomic E-state index is 12.5. The van der Waals surface area contributed by atoms with Crippen LogP contribution in [0.25, 0.3) is 0 Å². The average Bonchev–Trinajstić information content (AvgIpc) is 2.46. The molecule has 0 aliphatic carbocycles. The highest BCUT2D eigenvalue weighted by Gasteiger charge is 2.28. The zero-order chi connectivity index (χ0) is 13.8. The molecule has 1 heterocycles. The highest BCUT2D eigenvalue weighted by Crippen LogP contribution is 2.17. The molecule has 1 saturated heterocycles. The molecule has 0 amide bonds. The van der Waals surface area contributed by atoms with Gasteiger partial charge in [-0.1, -0.05) is 0 Å². The second-order valence-electron chi connectivity index (χ2n) is 4.93. The number of rotatable bonds is 4. The highest BCUT2D eigenvalue weighted by molar-refractivity contribution is 5.99. The molecule has 104 valence electrons. The van der Waals surface area contributed by atoms with Gasteiger partial charge >= 0.3 is 0 Å². The van der Waals surface area contributed by atoms with Crippen molar-refractivity contribution in [1.29, 1.82) is 0 Å². The molecule has 4 heteroatoms. The number of hydrogen-bond acceptors (Lipinski definition) is 4. The topological polar surface area (TPSA) is 38.8 Å². The van der Waals surface area contributed by atoms with Gasteiger partial charge in [0.15, 0.2) is 5.78 Å². The minimum Gasteiger partial charge on any atom is -0.497 e. The predicted molar refractivity (Wildman–Crippen MR) is 73.8 cm³/mol. The van der Waals surface area contributed by atoms with Crippen molar-refractivity contribution in [2.24, 2.45) is 0 Å². The van der Waals surface area contributed by atoms with Crippen molar-refractivity contribution in [1.82, 2.24) is 4.90 Å². The summed E-state index contributed by atoms with van der Waals surface area (Å²) in [6, 6.07) is 7.45. The Kier molecular flexibility index (Phi) is 4.56. The Morgan fingerprint density at radius 2 is 2.11 bits per heavy atom. The molecule has 4 nitrogen and oxygen atoms in total. The van der Waals surface area contributed by atoms with Crippen LogP contribution in [0, 0.1) is 0 Å². The average molecular weight is 263 g/mol. The minimum atomic E-state index is -0.118. The molecule has 0 bridgehead atoms. The van der Waals surface area contributed by atoms with Crippen LogP contribution < -0.4 is 4.74 Å². The van der Waals surface area contributed by atoms with Crippen LogP contribution in [0.2, 0.25) is 0 Å². The predicted octanol–water partition coefficient (Wildman–Crippen LogP) is 1.99. The third-order valence-electron chi connectivity index (χ3n) is 3.67. The maximum Gasteiger partial charge on any atom is 0.179 e. The summed E-state index contributed by atoms with van der Waals surface area (Å²) in [4.78, 5) is 14.7. The monoisotopic (exact) mass is 263 g/mol. The largest absolute Gasteiger partial charge is 0.497 e. The Hall–Kier alpha value is -1.39. The number of morpholine rings is 1. The Morgan fingerprint density at radius 3 is 2.68 bits per heavy atom. The van der Waals surface area contributed by atoms with Crippen LogP contribution in [0.3, 0.4) is 0 Å². The summed E-state index contributed by atoms with van der Waals surface area (Å²) in [5.74, 6) is 0.917. The fourth-order valence-electron chi connectivity index (χ4n) is 2.46. The Labute approximate surface area is 114 Å². The van der Waals surface area contributed by atoms with E-state index in [2.05, 4.69) is 11.8 Å². The maximum atomic E-state index is 12.5. The van der Waals surface area contributed by atoms with E-state index in [1.807, 2.05) is 31.2 Å². The van der Waals surface area contributed by atoms with Crippen molar-refractivity contribution in [3.8, 4) is 5.75 Å². The molecule has 1 aliphatic rings. The van der Waals surface area contributed by atoms with E-state index >= 15 is 0 Å². The first-order chi connectivity index (χ1) is 9.13. The lowest BCUT2D eigenvalue weighted by molar-refractivity contribution is -0.0143. The number of ether oxygens (including phenoxy) is 2. The standard InChI is InChI=1S/C15H21NO3/c1-11-10-19-9-8-16(11)12(2)15(17)13-4-6-14(18-3)7-5-13/h4-7,11-12H,8-10H2,1-3H3. The van der Waals surface area contributed by atoms with Gasteiger partial charge in [-0.25, -0.2) is 0 Å². The Bertz CT molecular complexity index is 430. The number of benzene rings is 1. The summed E-state index contributed by atoms with van der Waals surface area (Å²) in [6.07, 6.45) is 0. The van der Waals surface area contributed by atoms with E-state index in [-0.39, 0.29) is 17.9 Å². The van der Waals surface area contributed by atoms with E-state index in [9.17, 15) is 4.79 Å². The first-order valence-corrected chi connectivity index (χ1v) is 6.65. The van der Waals surface area contributed by atoms with Gasteiger partial charge in [-0.05, 0) is 38.1 Å². The lowest BCUT2D eigenvalue weighted by atomic mass is 10.0. The second kappa shape index (κ2) is 6.17. The van der Waals surface area contributed by atoms with Gasteiger partial charge in [0.1, 0.15) is 5.75 Å². The van der Waals surface area contributed by atoms with Gasteiger partial charge in [0.2, 0.25) is 0 Å². The van der Waals surface area contributed by atoms with Gasteiger partial charge in [-0.2, -0.15) is 0 Å². The number of Topliss-reactive ketones (excluding diaryl/α,β-unsaturated/α-hetero) is 1. The third kappa shape index (κ3) is 3.14. The first-order valence-electron chi connectivity index (χ1n) is 6.65. The minimum absolute atomic E-state index is 0.118. The van der Waals surface area contributed by atoms with Crippen LogP contribution >= 0.6 is 0 Å². The van der Waals surface area contributed by atoms with Crippen molar-refractivity contribution in [2.45, 2.75) is 25.9 Å². The van der Waals surface area contributed by atoms with Crippen LogP contribution in [0.5, 0.6) is 5.75 Å². The smallest absolute Gasteiger partial charge is 0.179 e. The summed E-state index contributed by atoms with van der Waals surface area (Å²) in [7, 11) is 1.62. The fraction of sp³-hybridized carbons (Fsp3) is 0.533. The Morgan fingerprint density at radius 1 is 1.42 bits per heavy atom. The molecular weight excluding hydrogens is 242 g/mol. The molecule has 19 heavy (non-hydrogen) atoms. The van der Waals surface area contributed by atoms with Crippen molar-refractivity contribution in [3.05, 3.63) is 29.8 Å². The van der Waals surface area contributed by atoms with Crippen LogP contribution in [0.15, 0.2) is 24.3 Å². The third-order valence-corrected chi connectivity index (χ3v) is 3.67. The molecule has 0 aromatic heterocycles. The summed E-state index contributed by atoms with van der Waals surface area (Å²) < 4.78 is 10.5. The van der Waals surface area contributed by atoms with E-state index in [0.29, 0.717) is 13.2 Å². The number of carbonyl (C=O) groups excluding carboxylic acids is 1. The van der Waals surface area contributed by atoms with E-state index in [4.69, 9.17) is 9.47 Å². The number of carbonyl (C=O) groups is 1. The second-order valence-corrected chi connectivity index (χ2v) is 4.93. The summed E-state index contributed by atoms with van der Waals surface area (Å²) in [6.45, 7) is 6.26. The van der Waals surface area contributed by atoms with Crippen LogP contribution in [0.4, 0.5) is 0 Å². The molecule has 2 unspecified atom stereocenters. The molecular formula is C15H21NO3. The molecule has 1 fully saturated rings. The SMILES string of the molecule is COc1ccc(C(=O)C(C)N2CCOCC2C)cc1. The van der Waals surface area contributed by atoms with E-state index in [0.717, 1.165) is 17.9 Å². The van der Waals surface area contributed by atoms with E-state index in [1.54, 1.807) is 7.11 Å². The number of nitrogens with zero attached hydrogens (tertiary/aromatic N) is 1. The lowest BCUT2D eigenvalue weighted by Crippen LogP contribution is -2.51. The molecule has 0 spiro atoms. The fourth-order valence-corrected chi connectivity index (χ4v) is 2.46. The van der Waals surface area contributed by atoms with Gasteiger partial charge in [0, 0.05) is 18.2 Å². The Balaban J connectivity index is 2.08. The zero-order valence-electron chi connectivity index (χ0n) is 11.8. The lowest BCUT2D eigenvalue weighted by Gasteiger charge is -2.37. The number of ketones is 1.